The molecule has 2 unspecified atom stereocenters. The highest BCUT2D eigenvalue weighted by Crippen LogP contribution is 2.28. The second kappa shape index (κ2) is 5.00. The molecule has 1 aromatic rings. The van der Waals surface area contributed by atoms with Crippen molar-refractivity contribution >= 4 is 0 Å². The first-order valence-corrected chi connectivity index (χ1v) is 6.35. The monoisotopic (exact) mass is 222 g/mol. The fraction of sp³-hybridized carbons (Fsp3) is 0.769. The number of aromatic nitrogens is 1. The Balaban J connectivity index is 1.84. The van der Waals surface area contributed by atoms with Crippen molar-refractivity contribution in [3.05, 3.63) is 17.0 Å². The van der Waals surface area contributed by atoms with Gasteiger partial charge in [-0.25, -0.2) is 0 Å². The van der Waals surface area contributed by atoms with Crippen molar-refractivity contribution in [3.8, 4) is 0 Å². The van der Waals surface area contributed by atoms with Crippen LogP contribution in [0.15, 0.2) is 4.52 Å². The molecule has 3 heteroatoms. The molecule has 0 bridgehead atoms. The van der Waals surface area contributed by atoms with Crippen LogP contribution in [0.5, 0.6) is 0 Å². The molecule has 1 aliphatic rings. The van der Waals surface area contributed by atoms with Crippen LogP contribution in [0.1, 0.15) is 49.6 Å². The largest absolute Gasteiger partial charge is 0.361 e. The van der Waals surface area contributed by atoms with Gasteiger partial charge in [-0.05, 0) is 39.0 Å². The molecule has 1 fully saturated rings. The average Bonchev–Trinajstić information content (AvgIpc) is 2.85. The molecule has 2 rings (SSSR count). The molecule has 0 amide bonds. The standard InChI is InChI=1S/C13H22N2O/c1-4-11-5-6-12(7-11)14-8-13-9(2)15-16-10(13)3/h11-12,14H,4-8H2,1-3H3. The first kappa shape index (κ1) is 11.6. The Hall–Kier alpha value is -0.830. The Morgan fingerprint density at radius 2 is 2.19 bits per heavy atom. The first-order valence-electron chi connectivity index (χ1n) is 6.35. The molecule has 1 heterocycles. The minimum atomic E-state index is 0.693. The average molecular weight is 222 g/mol. The van der Waals surface area contributed by atoms with E-state index in [2.05, 4.69) is 17.4 Å². The maximum Gasteiger partial charge on any atom is 0.138 e. The highest BCUT2D eigenvalue weighted by molar-refractivity contribution is 5.20. The molecule has 1 aliphatic carbocycles. The fourth-order valence-corrected chi connectivity index (χ4v) is 2.63. The van der Waals surface area contributed by atoms with Crippen LogP contribution in [0.2, 0.25) is 0 Å². The van der Waals surface area contributed by atoms with Gasteiger partial charge in [0.25, 0.3) is 0 Å². The zero-order valence-corrected chi connectivity index (χ0v) is 10.5. The number of hydrogen-bond acceptors (Lipinski definition) is 3. The van der Waals surface area contributed by atoms with Crippen molar-refractivity contribution in [2.75, 3.05) is 0 Å². The van der Waals surface area contributed by atoms with Gasteiger partial charge < -0.3 is 9.84 Å². The van der Waals surface area contributed by atoms with E-state index in [9.17, 15) is 0 Å². The topological polar surface area (TPSA) is 38.1 Å². The molecular formula is C13H22N2O. The summed E-state index contributed by atoms with van der Waals surface area (Å²) in [6, 6.07) is 0.693. The van der Waals surface area contributed by atoms with Crippen LogP contribution < -0.4 is 5.32 Å². The fourth-order valence-electron chi connectivity index (χ4n) is 2.63. The summed E-state index contributed by atoms with van der Waals surface area (Å²) >= 11 is 0. The van der Waals surface area contributed by atoms with E-state index < -0.39 is 0 Å². The Labute approximate surface area is 97.6 Å². The molecule has 0 radical (unpaired) electrons. The van der Waals surface area contributed by atoms with E-state index in [0.29, 0.717) is 6.04 Å². The third-order valence-electron chi connectivity index (χ3n) is 3.87. The minimum Gasteiger partial charge on any atom is -0.361 e. The molecule has 1 N–H and O–H groups in total. The van der Waals surface area contributed by atoms with Crippen LogP contribution in [-0.2, 0) is 6.54 Å². The van der Waals surface area contributed by atoms with Crippen LogP contribution >= 0.6 is 0 Å². The van der Waals surface area contributed by atoms with Crippen molar-refractivity contribution in [1.29, 1.82) is 0 Å². The van der Waals surface area contributed by atoms with Gasteiger partial charge in [0.05, 0.1) is 5.69 Å². The number of hydrogen-bond donors (Lipinski definition) is 1. The van der Waals surface area contributed by atoms with Gasteiger partial charge in [0.15, 0.2) is 0 Å². The highest BCUT2D eigenvalue weighted by atomic mass is 16.5. The number of nitrogens with one attached hydrogen (secondary N) is 1. The van der Waals surface area contributed by atoms with E-state index in [0.717, 1.165) is 23.9 Å². The molecule has 3 nitrogen and oxygen atoms in total. The summed E-state index contributed by atoms with van der Waals surface area (Å²) < 4.78 is 5.16. The van der Waals surface area contributed by atoms with Gasteiger partial charge in [-0.2, -0.15) is 0 Å². The van der Waals surface area contributed by atoms with Crippen molar-refractivity contribution in [2.45, 2.75) is 59.0 Å². The summed E-state index contributed by atoms with van der Waals surface area (Å²) in [5.74, 6) is 1.89. The molecule has 0 spiro atoms. The molecule has 2 atom stereocenters. The van der Waals surface area contributed by atoms with E-state index in [1.54, 1.807) is 0 Å². The lowest BCUT2D eigenvalue weighted by Crippen LogP contribution is -2.26. The second-order valence-electron chi connectivity index (χ2n) is 4.97. The predicted molar refractivity (Wildman–Crippen MR) is 64.2 cm³/mol. The minimum absolute atomic E-state index is 0.693. The molecule has 0 aromatic carbocycles. The molecule has 1 aromatic heterocycles. The summed E-state index contributed by atoms with van der Waals surface area (Å²) in [5, 5.41) is 7.61. The third kappa shape index (κ3) is 2.46. The lowest BCUT2D eigenvalue weighted by molar-refractivity contribution is 0.391. The maximum absolute atomic E-state index is 5.16. The first-order chi connectivity index (χ1) is 7.70. The van der Waals surface area contributed by atoms with Crippen LogP contribution in [0.4, 0.5) is 0 Å². The molecular weight excluding hydrogens is 200 g/mol. The van der Waals surface area contributed by atoms with Crippen LogP contribution in [0.25, 0.3) is 0 Å². The Morgan fingerprint density at radius 1 is 1.38 bits per heavy atom. The van der Waals surface area contributed by atoms with E-state index in [4.69, 9.17) is 4.52 Å². The summed E-state index contributed by atoms with van der Waals surface area (Å²) in [6.45, 7) is 7.20. The zero-order valence-electron chi connectivity index (χ0n) is 10.5. The van der Waals surface area contributed by atoms with Crippen LogP contribution in [0.3, 0.4) is 0 Å². The third-order valence-corrected chi connectivity index (χ3v) is 3.87. The van der Waals surface area contributed by atoms with E-state index >= 15 is 0 Å². The van der Waals surface area contributed by atoms with Gasteiger partial charge in [0.2, 0.25) is 0 Å². The van der Waals surface area contributed by atoms with E-state index in [1.807, 2.05) is 13.8 Å². The van der Waals surface area contributed by atoms with E-state index in [1.165, 1.54) is 31.2 Å². The Kier molecular flexibility index (Phi) is 3.64. The lowest BCUT2D eigenvalue weighted by Gasteiger charge is -2.12. The van der Waals surface area contributed by atoms with Gasteiger partial charge in [-0.3, -0.25) is 0 Å². The van der Waals surface area contributed by atoms with Gasteiger partial charge in [-0.1, -0.05) is 18.5 Å². The van der Waals surface area contributed by atoms with Crippen molar-refractivity contribution < 1.29 is 4.52 Å². The van der Waals surface area contributed by atoms with Crippen LogP contribution in [0, 0.1) is 19.8 Å². The van der Waals surface area contributed by atoms with Gasteiger partial charge >= 0.3 is 0 Å². The Bertz CT molecular complexity index is 326. The summed E-state index contributed by atoms with van der Waals surface area (Å²) in [6.07, 6.45) is 5.36. The smallest absolute Gasteiger partial charge is 0.138 e. The van der Waals surface area contributed by atoms with E-state index in [-0.39, 0.29) is 0 Å². The second-order valence-corrected chi connectivity index (χ2v) is 4.97. The number of aryl methyl sites for hydroxylation is 2. The van der Waals surface area contributed by atoms with Crippen molar-refractivity contribution in [1.82, 2.24) is 10.5 Å². The molecule has 0 aliphatic heterocycles. The summed E-state index contributed by atoms with van der Waals surface area (Å²) in [4.78, 5) is 0. The lowest BCUT2D eigenvalue weighted by atomic mass is 10.1. The molecule has 90 valence electrons. The van der Waals surface area contributed by atoms with Gasteiger partial charge in [-0.15, -0.1) is 0 Å². The summed E-state index contributed by atoms with van der Waals surface area (Å²) in [5.41, 5.74) is 2.26. The van der Waals surface area contributed by atoms with Crippen molar-refractivity contribution in [3.63, 3.8) is 0 Å². The predicted octanol–water partition coefficient (Wildman–Crippen LogP) is 2.96. The quantitative estimate of drug-likeness (QED) is 0.851. The molecule has 0 saturated heterocycles. The Morgan fingerprint density at radius 3 is 2.75 bits per heavy atom. The van der Waals surface area contributed by atoms with Crippen molar-refractivity contribution in [2.24, 2.45) is 5.92 Å². The summed E-state index contributed by atoms with van der Waals surface area (Å²) in [7, 11) is 0. The molecule has 16 heavy (non-hydrogen) atoms. The maximum atomic E-state index is 5.16. The van der Waals surface area contributed by atoms with Gasteiger partial charge in [0, 0.05) is 18.2 Å². The number of nitrogens with zero attached hydrogens (tertiary/aromatic N) is 1. The zero-order chi connectivity index (χ0) is 11.5. The normalized spacial score (nSPS) is 25.2. The highest BCUT2D eigenvalue weighted by Gasteiger charge is 2.23. The molecule has 1 saturated carbocycles. The SMILES string of the molecule is CCC1CCC(NCc2c(C)noc2C)C1. The van der Waals surface area contributed by atoms with Crippen LogP contribution in [-0.4, -0.2) is 11.2 Å². The van der Waals surface area contributed by atoms with Gasteiger partial charge in [0.1, 0.15) is 5.76 Å². The number of rotatable bonds is 4.